The largest absolute Gasteiger partial charge is 0.358 e. The number of rotatable bonds is 5. The highest BCUT2D eigenvalue weighted by Gasteiger charge is 2.27. The molecule has 1 fully saturated rings. The summed E-state index contributed by atoms with van der Waals surface area (Å²) < 4.78 is 1.72. The average Bonchev–Trinajstić information content (AvgIpc) is 3.16. The quantitative estimate of drug-likeness (QED) is 0.839. The van der Waals surface area contributed by atoms with Crippen molar-refractivity contribution in [2.24, 2.45) is 0 Å². The van der Waals surface area contributed by atoms with Gasteiger partial charge in [0.05, 0.1) is 5.54 Å². The van der Waals surface area contributed by atoms with Gasteiger partial charge in [-0.1, -0.05) is 0 Å². The molecule has 1 aliphatic rings. The van der Waals surface area contributed by atoms with Crippen LogP contribution in [-0.4, -0.2) is 26.9 Å². The van der Waals surface area contributed by atoms with Gasteiger partial charge in [-0.2, -0.15) is 0 Å². The molecule has 0 unspecified atom stereocenters. The predicted molar refractivity (Wildman–Crippen MR) is 70.2 cm³/mol. The van der Waals surface area contributed by atoms with Gasteiger partial charge < -0.3 is 9.88 Å². The zero-order valence-corrected chi connectivity index (χ0v) is 11.1. The number of anilines is 1. The number of nitrogens with one attached hydrogen (secondary N) is 1. The Bertz CT molecular complexity index is 452. The molecule has 2 rings (SSSR count). The zero-order chi connectivity index (χ0) is 12.5. The van der Waals surface area contributed by atoms with E-state index in [4.69, 9.17) is 23.2 Å². The SMILES string of the molecule is CC(CCl)(CCl)Nc1nccn(C2CC2)c1=O. The van der Waals surface area contributed by atoms with Gasteiger partial charge in [0.15, 0.2) is 5.82 Å². The summed E-state index contributed by atoms with van der Waals surface area (Å²) in [7, 11) is 0. The number of hydrogen-bond acceptors (Lipinski definition) is 3. The predicted octanol–water partition coefficient (Wildman–Crippen LogP) is 2.23. The first kappa shape index (κ1) is 12.7. The van der Waals surface area contributed by atoms with Crippen molar-refractivity contribution in [3.05, 3.63) is 22.7 Å². The molecule has 0 bridgehead atoms. The third-order valence-corrected chi connectivity index (χ3v) is 4.00. The highest BCUT2D eigenvalue weighted by molar-refractivity contribution is 6.22. The van der Waals surface area contributed by atoms with Crippen molar-refractivity contribution < 1.29 is 0 Å². The van der Waals surface area contributed by atoms with Crippen LogP contribution in [0.5, 0.6) is 0 Å². The van der Waals surface area contributed by atoms with Gasteiger partial charge in [-0.15, -0.1) is 23.2 Å². The van der Waals surface area contributed by atoms with E-state index in [0.717, 1.165) is 12.8 Å². The molecule has 0 amide bonds. The Kier molecular flexibility index (Phi) is 3.64. The van der Waals surface area contributed by atoms with E-state index in [-0.39, 0.29) is 5.56 Å². The topological polar surface area (TPSA) is 46.9 Å². The van der Waals surface area contributed by atoms with Crippen molar-refractivity contribution >= 4 is 29.0 Å². The van der Waals surface area contributed by atoms with Crippen LogP contribution in [0.25, 0.3) is 0 Å². The minimum absolute atomic E-state index is 0.101. The average molecular weight is 276 g/mol. The van der Waals surface area contributed by atoms with Crippen LogP contribution < -0.4 is 10.9 Å². The Labute approximate surface area is 110 Å². The third kappa shape index (κ3) is 2.75. The fourth-order valence-corrected chi connectivity index (χ4v) is 1.96. The number of alkyl halides is 2. The van der Waals surface area contributed by atoms with Gasteiger partial charge in [0.2, 0.25) is 0 Å². The van der Waals surface area contributed by atoms with Crippen LogP contribution in [0.3, 0.4) is 0 Å². The van der Waals surface area contributed by atoms with Crippen LogP contribution in [0.2, 0.25) is 0 Å². The molecule has 0 radical (unpaired) electrons. The summed E-state index contributed by atoms with van der Waals surface area (Å²) in [6.45, 7) is 1.86. The lowest BCUT2D eigenvalue weighted by molar-refractivity contribution is 0.633. The summed E-state index contributed by atoms with van der Waals surface area (Å²) in [6.07, 6.45) is 5.48. The van der Waals surface area contributed by atoms with E-state index in [9.17, 15) is 4.79 Å². The summed E-state index contributed by atoms with van der Waals surface area (Å²) in [5.74, 6) is 0.953. The molecule has 1 heterocycles. The Morgan fingerprint density at radius 2 is 2.18 bits per heavy atom. The number of hydrogen-bond donors (Lipinski definition) is 1. The summed E-state index contributed by atoms with van der Waals surface area (Å²) >= 11 is 11.7. The molecule has 1 aromatic heterocycles. The van der Waals surface area contributed by atoms with Gasteiger partial charge in [-0.3, -0.25) is 4.79 Å². The van der Waals surface area contributed by atoms with Gasteiger partial charge in [0.25, 0.3) is 5.56 Å². The maximum atomic E-state index is 12.1. The second-order valence-corrected chi connectivity index (χ2v) is 5.21. The summed E-state index contributed by atoms with van der Waals surface area (Å²) in [6, 6.07) is 0.337. The maximum Gasteiger partial charge on any atom is 0.293 e. The minimum atomic E-state index is -0.516. The van der Waals surface area contributed by atoms with E-state index in [1.54, 1.807) is 17.0 Å². The Hall–Kier alpha value is -0.740. The van der Waals surface area contributed by atoms with E-state index in [1.165, 1.54) is 0 Å². The molecule has 1 saturated carbocycles. The third-order valence-electron chi connectivity index (χ3n) is 2.82. The normalized spacial score (nSPS) is 15.9. The lowest BCUT2D eigenvalue weighted by Crippen LogP contribution is -2.41. The van der Waals surface area contributed by atoms with Crippen molar-refractivity contribution in [3.8, 4) is 0 Å². The summed E-state index contributed by atoms with van der Waals surface area (Å²) in [4.78, 5) is 16.2. The highest BCUT2D eigenvalue weighted by Crippen LogP contribution is 2.33. The Morgan fingerprint density at radius 3 is 2.71 bits per heavy atom. The fraction of sp³-hybridized carbons (Fsp3) is 0.636. The molecule has 4 nitrogen and oxygen atoms in total. The highest BCUT2D eigenvalue weighted by atomic mass is 35.5. The Balaban J connectivity index is 2.27. The van der Waals surface area contributed by atoms with Crippen molar-refractivity contribution in [1.82, 2.24) is 9.55 Å². The summed E-state index contributed by atoms with van der Waals surface area (Å²) in [5, 5.41) is 3.04. The lowest BCUT2D eigenvalue weighted by Gasteiger charge is -2.26. The Morgan fingerprint density at radius 1 is 1.53 bits per heavy atom. The molecule has 0 aliphatic heterocycles. The molecule has 0 spiro atoms. The molecular weight excluding hydrogens is 261 g/mol. The maximum absolute atomic E-state index is 12.1. The van der Waals surface area contributed by atoms with Crippen LogP contribution in [0.15, 0.2) is 17.2 Å². The van der Waals surface area contributed by atoms with Crippen LogP contribution >= 0.6 is 23.2 Å². The van der Waals surface area contributed by atoms with E-state index < -0.39 is 5.54 Å². The monoisotopic (exact) mass is 275 g/mol. The van der Waals surface area contributed by atoms with Crippen molar-refractivity contribution in [2.75, 3.05) is 17.1 Å². The smallest absolute Gasteiger partial charge is 0.293 e. The second-order valence-electron chi connectivity index (χ2n) is 4.67. The van der Waals surface area contributed by atoms with E-state index >= 15 is 0 Å². The van der Waals surface area contributed by atoms with Gasteiger partial charge in [0, 0.05) is 30.2 Å². The standard InChI is InChI=1S/C11H15Cl2N3O/c1-11(6-12,7-13)15-9-10(17)16(5-4-14-9)8-2-3-8/h4-5,8H,2-3,6-7H2,1H3,(H,14,15). The van der Waals surface area contributed by atoms with Crippen molar-refractivity contribution in [3.63, 3.8) is 0 Å². The molecule has 1 aliphatic carbocycles. The molecular formula is C11H15Cl2N3O. The second kappa shape index (κ2) is 4.86. The van der Waals surface area contributed by atoms with Gasteiger partial charge >= 0.3 is 0 Å². The molecule has 6 heteroatoms. The van der Waals surface area contributed by atoms with E-state index in [0.29, 0.717) is 23.6 Å². The number of halogens is 2. The first-order chi connectivity index (χ1) is 8.09. The molecule has 0 saturated heterocycles. The molecule has 0 aromatic carbocycles. The van der Waals surface area contributed by atoms with Crippen molar-refractivity contribution in [2.45, 2.75) is 31.3 Å². The lowest BCUT2D eigenvalue weighted by atomic mass is 10.1. The molecule has 1 aromatic rings. The van der Waals surface area contributed by atoms with E-state index in [2.05, 4.69) is 10.3 Å². The van der Waals surface area contributed by atoms with Crippen LogP contribution in [0.4, 0.5) is 5.82 Å². The first-order valence-electron chi connectivity index (χ1n) is 5.57. The summed E-state index contributed by atoms with van der Waals surface area (Å²) in [5.41, 5.74) is -0.616. The van der Waals surface area contributed by atoms with Gasteiger partial charge in [-0.05, 0) is 19.8 Å². The van der Waals surface area contributed by atoms with Gasteiger partial charge in [-0.25, -0.2) is 4.98 Å². The number of nitrogens with zero attached hydrogens (tertiary/aromatic N) is 2. The molecule has 0 atom stereocenters. The van der Waals surface area contributed by atoms with E-state index in [1.807, 2.05) is 6.92 Å². The molecule has 94 valence electrons. The fourth-order valence-electron chi connectivity index (χ4n) is 1.54. The molecule has 1 N–H and O–H groups in total. The van der Waals surface area contributed by atoms with Gasteiger partial charge in [0.1, 0.15) is 0 Å². The van der Waals surface area contributed by atoms with Crippen molar-refractivity contribution in [1.29, 1.82) is 0 Å². The molecule has 17 heavy (non-hydrogen) atoms. The van der Waals surface area contributed by atoms with Crippen LogP contribution in [0.1, 0.15) is 25.8 Å². The zero-order valence-electron chi connectivity index (χ0n) is 9.62. The number of aromatic nitrogens is 2. The van der Waals surface area contributed by atoms with Crippen LogP contribution in [-0.2, 0) is 0 Å². The minimum Gasteiger partial charge on any atom is -0.358 e. The first-order valence-corrected chi connectivity index (χ1v) is 6.64. The van der Waals surface area contributed by atoms with Crippen LogP contribution in [0, 0.1) is 0 Å².